The summed E-state index contributed by atoms with van der Waals surface area (Å²) in [4.78, 5) is 7.18. The first-order valence-corrected chi connectivity index (χ1v) is 5.93. The van der Waals surface area contributed by atoms with E-state index in [-0.39, 0.29) is 0 Å². The number of aliphatic imine (C=N–C) groups is 1. The van der Waals surface area contributed by atoms with E-state index in [2.05, 4.69) is 16.0 Å². The van der Waals surface area contributed by atoms with Crippen molar-refractivity contribution < 1.29 is 0 Å². The molecule has 0 bridgehead atoms. The van der Waals surface area contributed by atoms with Crippen LogP contribution >= 0.6 is 0 Å². The smallest absolute Gasteiger partial charge is 0.0582 e. The fraction of sp³-hybridized carbons (Fsp3) is 0.750. The van der Waals surface area contributed by atoms with E-state index in [0.717, 1.165) is 5.92 Å². The molecule has 0 amide bonds. The SMILES string of the molecule is C1=N[C@@H]2CCC[C@@H]2C(N2CCCC2)=C1. The van der Waals surface area contributed by atoms with Crippen molar-refractivity contribution in [3.8, 4) is 0 Å². The molecule has 0 aromatic carbocycles. The monoisotopic (exact) mass is 190 g/mol. The zero-order chi connectivity index (χ0) is 9.38. The van der Waals surface area contributed by atoms with Crippen LogP contribution in [-0.4, -0.2) is 30.2 Å². The molecule has 14 heavy (non-hydrogen) atoms. The van der Waals surface area contributed by atoms with Gasteiger partial charge in [0.05, 0.1) is 6.04 Å². The van der Waals surface area contributed by atoms with E-state index in [4.69, 9.17) is 0 Å². The van der Waals surface area contributed by atoms with Gasteiger partial charge in [-0.3, -0.25) is 4.99 Å². The molecule has 2 fully saturated rings. The highest BCUT2D eigenvalue weighted by Crippen LogP contribution is 2.37. The Bertz CT molecular complexity index is 274. The molecule has 1 saturated heterocycles. The summed E-state index contributed by atoms with van der Waals surface area (Å²) < 4.78 is 0. The average Bonchev–Trinajstić information content (AvgIpc) is 2.88. The standard InChI is InChI=1S/C12H18N2/c1-2-9-14(8-1)12-6-7-13-11-5-3-4-10(11)12/h6-7,10-11H,1-5,8-9H2/t10-,11+/m0/s1. The van der Waals surface area contributed by atoms with Crippen LogP contribution in [0.1, 0.15) is 32.1 Å². The molecule has 0 radical (unpaired) electrons. The third kappa shape index (κ3) is 1.28. The van der Waals surface area contributed by atoms with E-state index in [1.165, 1.54) is 45.2 Å². The van der Waals surface area contributed by atoms with Crippen molar-refractivity contribution in [1.82, 2.24) is 4.90 Å². The molecule has 0 spiro atoms. The van der Waals surface area contributed by atoms with E-state index >= 15 is 0 Å². The summed E-state index contributed by atoms with van der Waals surface area (Å²) in [5, 5.41) is 0. The Morgan fingerprint density at radius 1 is 1.14 bits per heavy atom. The van der Waals surface area contributed by atoms with Crippen molar-refractivity contribution in [3.63, 3.8) is 0 Å². The Morgan fingerprint density at radius 3 is 2.86 bits per heavy atom. The summed E-state index contributed by atoms with van der Waals surface area (Å²) in [6.45, 7) is 2.56. The maximum atomic E-state index is 4.59. The van der Waals surface area contributed by atoms with E-state index in [1.54, 1.807) is 5.70 Å². The molecule has 1 saturated carbocycles. The van der Waals surface area contributed by atoms with Crippen molar-refractivity contribution in [1.29, 1.82) is 0 Å². The molecule has 2 atom stereocenters. The maximum absolute atomic E-state index is 4.59. The highest BCUT2D eigenvalue weighted by molar-refractivity contribution is 5.73. The first kappa shape index (κ1) is 8.51. The molecular weight excluding hydrogens is 172 g/mol. The van der Waals surface area contributed by atoms with Crippen LogP contribution in [0.3, 0.4) is 0 Å². The Morgan fingerprint density at radius 2 is 2.00 bits per heavy atom. The molecule has 0 unspecified atom stereocenters. The summed E-state index contributed by atoms with van der Waals surface area (Å²) in [6, 6.07) is 0.621. The van der Waals surface area contributed by atoms with Gasteiger partial charge in [-0.05, 0) is 31.8 Å². The second-order valence-electron chi connectivity index (χ2n) is 4.69. The summed E-state index contributed by atoms with van der Waals surface area (Å²) in [7, 11) is 0. The minimum atomic E-state index is 0.621. The Hall–Kier alpha value is -0.790. The Labute approximate surface area is 85.7 Å². The zero-order valence-corrected chi connectivity index (χ0v) is 8.65. The van der Waals surface area contributed by atoms with Crippen LogP contribution in [0.2, 0.25) is 0 Å². The van der Waals surface area contributed by atoms with Crippen LogP contribution in [0.25, 0.3) is 0 Å². The summed E-state index contributed by atoms with van der Waals surface area (Å²) >= 11 is 0. The van der Waals surface area contributed by atoms with E-state index in [9.17, 15) is 0 Å². The second-order valence-corrected chi connectivity index (χ2v) is 4.69. The second kappa shape index (κ2) is 3.41. The molecule has 3 rings (SSSR count). The van der Waals surface area contributed by atoms with Gasteiger partial charge in [-0.1, -0.05) is 6.42 Å². The number of hydrogen-bond acceptors (Lipinski definition) is 2. The largest absolute Gasteiger partial charge is 0.374 e. The molecule has 1 aliphatic carbocycles. The van der Waals surface area contributed by atoms with Gasteiger partial charge in [-0.25, -0.2) is 0 Å². The summed E-state index contributed by atoms with van der Waals surface area (Å²) in [5.41, 5.74) is 1.60. The maximum Gasteiger partial charge on any atom is 0.0582 e. The number of allylic oxidation sites excluding steroid dienone is 1. The fourth-order valence-electron chi connectivity index (χ4n) is 3.13. The number of likely N-dealkylation sites (tertiary alicyclic amines) is 1. The van der Waals surface area contributed by atoms with Crippen LogP contribution in [0.5, 0.6) is 0 Å². The predicted octanol–water partition coefficient (Wildman–Crippen LogP) is 2.22. The van der Waals surface area contributed by atoms with Crippen LogP contribution < -0.4 is 0 Å². The molecule has 3 aliphatic rings. The lowest BCUT2D eigenvalue weighted by molar-refractivity contribution is 0.346. The van der Waals surface area contributed by atoms with Gasteiger partial charge in [0.1, 0.15) is 0 Å². The lowest BCUT2D eigenvalue weighted by Gasteiger charge is -2.30. The fourth-order valence-corrected chi connectivity index (χ4v) is 3.13. The molecule has 76 valence electrons. The molecule has 2 aliphatic heterocycles. The van der Waals surface area contributed by atoms with E-state index in [1.807, 2.05) is 6.21 Å². The average molecular weight is 190 g/mol. The summed E-state index contributed by atoms with van der Waals surface area (Å²) in [6.07, 6.45) is 11.1. The lowest BCUT2D eigenvalue weighted by atomic mass is 9.96. The van der Waals surface area contributed by atoms with Crippen LogP contribution in [0.4, 0.5) is 0 Å². The number of fused-ring (bicyclic) bond motifs is 1. The van der Waals surface area contributed by atoms with Crippen LogP contribution in [0.15, 0.2) is 16.8 Å². The third-order valence-electron chi connectivity index (χ3n) is 3.85. The van der Waals surface area contributed by atoms with Crippen LogP contribution in [-0.2, 0) is 0 Å². The zero-order valence-electron chi connectivity index (χ0n) is 8.65. The predicted molar refractivity (Wildman–Crippen MR) is 58.5 cm³/mol. The Kier molecular flexibility index (Phi) is 2.07. The summed E-state index contributed by atoms with van der Waals surface area (Å²) in [5.74, 6) is 0.762. The van der Waals surface area contributed by atoms with Crippen molar-refractivity contribution in [2.45, 2.75) is 38.1 Å². The van der Waals surface area contributed by atoms with E-state index in [0.29, 0.717) is 6.04 Å². The topological polar surface area (TPSA) is 15.6 Å². The van der Waals surface area contributed by atoms with Gasteiger partial charge < -0.3 is 4.90 Å². The quantitative estimate of drug-likeness (QED) is 0.619. The van der Waals surface area contributed by atoms with Crippen LogP contribution in [0, 0.1) is 5.92 Å². The molecule has 2 heteroatoms. The minimum absolute atomic E-state index is 0.621. The van der Waals surface area contributed by atoms with Crippen molar-refractivity contribution in [2.75, 3.05) is 13.1 Å². The van der Waals surface area contributed by atoms with Crippen molar-refractivity contribution in [2.24, 2.45) is 10.9 Å². The first-order valence-electron chi connectivity index (χ1n) is 5.93. The molecule has 2 heterocycles. The highest BCUT2D eigenvalue weighted by Gasteiger charge is 2.34. The Balaban J connectivity index is 1.82. The van der Waals surface area contributed by atoms with Crippen molar-refractivity contribution in [3.05, 3.63) is 11.8 Å². The van der Waals surface area contributed by atoms with Gasteiger partial charge in [-0.15, -0.1) is 0 Å². The van der Waals surface area contributed by atoms with Gasteiger partial charge in [0.25, 0.3) is 0 Å². The normalized spacial score (nSPS) is 36.0. The molecule has 0 aromatic heterocycles. The first-order chi connectivity index (χ1) is 6.95. The number of rotatable bonds is 1. The van der Waals surface area contributed by atoms with Gasteiger partial charge in [0.15, 0.2) is 0 Å². The molecule has 2 nitrogen and oxygen atoms in total. The van der Waals surface area contributed by atoms with Gasteiger partial charge in [0.2, 0.25) is 0 Å². The molecule has 0 aromatic rings. The molecular formula is C12H18N2. The third-order valence-corrected chi connectivity index (χ3v) is 3.85. The highest BCUT2D eigenvalue weighted by atomic mass is 15.2. The van der Waals surface area contributed by atoms with E-state index < -0.39 is 0 Å². The van der Waals surface area contributed by atoms with Crippen molar-refractivity contribution >= 4 is 6.21 Å². The van der Waals surface area contributed by atoms with Gasteiger partial charge in [0, 0.05) is 30.9 Å². The lowest BCUT2D eigenvalue weighted by Crippen LogP contribution is -2.29. The number of hydrogen-bond donors (Lipinski definition) is 0. The van der Waals surface area contributed by atoms with Gasteiger partial charge in [-0.2, -0.15) is 0 Å². The van der Waals surface area contributed by atoms with Gasteiger partial charge >= 0.3 is 0 Å². The number of nitrogens with zero attached hydrogens (tertiary/aromatic N) is 2. The molecule has 0 N–H and O–H groups in total. The minimum Gasteiger partial charge on any atom is -0.374 e. The number of dihydropyridines is 1.